The van der Waals surface area contributed by atoms with Crippen molar-refractivity contribution >= 4 is 28.3 Å². The molecule has 0 fully saturated rings. The number of hydrogen-bond donors (Lipinski definition) is 3. The molecule has 1 aliphatic rings. The van der Waals surface area contributed by atoms with E-state index in [-0.39, 0.29) is 11.6 Å². The molecule has 1 aliphatic heterocycles. The lowest BCUT2D eigenvalue weighted by Gasteiger charge is -2.17. The number of benzene rings is 2. The summed E-state index contributed by atoms with van der Waals surface area (Å²) in [6.45, 7) is 0.681. The normalized spacial score (nSPS) is 13.5. The van der Waals surface area contributed by atoms with E-state index in [0.717, 1.165) is 40.0 Å². The molecule has 0 saturated carbocycles. The molecule has 0 aliphatic carbocycles. The Morgan fingerprint density at radius 1 is 1.13 bits per heavy atom. The Balaban J connectivity index is 1.59. The summed E-state index contributed by atoms with van der Waals surface area (Å²) in [7, 11) is 0. The first-order valence-corrected chi connectivity index (χ1v) is 7.50. The summed E-state index contributed by atoms with van der Waals surface area (Å²) in [5, 5.41) is 0. The van der Waals surface area contributed by atoms with Crippen LogP contribution >= 0.6 is 0 Å². The van der Waals surface area contributed by atoms with Gasteiger partial charge in [-0.05, 0) is 47.9 Å². The number of imidazole rings is 1. The standard InChI is InChI=1S/C17H16N4O2/c18-12-2-4-15-11(9-12)5-6-21(15)16(22)8-10-1-3-13-14(7-10)20-17(23)19-13/h1-4,7,9H,5-6,8,18H2,(H2,19,20,23). The van der Waals surface area contributed by atoms with Crippen molar-refractivity contribution in [2.24, 2.45) is 0 Å². The predicted octanol–water partition coefficient (Wildman–Crippen LogP) is 1.57. The molecule has 6 heteroatoms. The van der Waals surface area contributed by atoms with Gasteiger partial charge in [0.2, 0.25) is 5.91 Å². The van der Waals surface area contributed by atoms with Crippen molar-refractivity contribution in [3.63, 3.8) is 0 Å². The van der Waals surface area contributed by atoms with Crippen molar-refractivity contribution < 1.29 is 4.79 Å². The van der Waals surface area contributed by atoms with Gasteiger partial charge in [-0.3, -0.25) is 4.79 Å². The van der Waals surface area contributed by atoms with E-state index in [1.54, 1.807) is 4.90 Å². The number of anilines is 2. The van der Waals surface area contributed by atoms with Crippen molar-refractivity contribution in [1.29, 1.82) is 0 Å². The van der Waals surface area contributed by atoms with Gasteiger partial charge in [0.1, 0.15) is 0 Å². The monoisotopic (exact) mass is 308 g/mol. The minimum absolute atomic E-state index is 0.0470. The maximum Gasteiger partial charge on any atom is 0.323 e. The summed E-state index contributed by atoms with van der Waals surface area (Å²) < 4.78 is 0. The van der Waals surface area contributed by atoms with Gasteiger partial charge in [-0.25, -0.2) is 4.79 Å². The summed E-state index contributed by atoms with van der Waals surface area (Å²) in [4.78, 5) is 31.1. The number of rotatable bonds is 2. The highest BCUT2D eigenvalue weighted by atomic mass is 16.2. The van der Waals surface area contributed by atoms with E-state index in [1.165, 1.54) is 0 Å². The van der Waals surface area contributed by atoms with Crippen LogP contribution in [-0.4, -0.2) is 22.4 Å². The Labute approximate surface area is 131 Å². The Morgan fingerprint density at radius 3 is 2.83 bits per heavy atom. The second kappa shape index (κ2) is 5.01. The lowest BCUT2D eigenvalue weighted by Crippen LogP contribution is -2.30. The molecule has 0 unspecified atom stereocenters. The van der Waals surface area contributed by atoms with E-state index < -0.39 is 0 Å². The molecule has 0 bridgehead atoms. The number of nitrogens with two attached hydrogens (primary N) is 1. The molecule has 0 spiro atoms. The molecular weight excluding hydrogens is 292 g/mol. The number of aromatic nitrogens is 2. The minimum Gasteiger partial charge on any atom is -0.399 e. The first-order chi connectivity index (χ1) is 11.1. The zero-order valence-corrected chi connectivity index (χ0v) is 12.4. The number of H-pyrrole nitrogens is 2. The van der Waals surface area contributed by atoms with Gasteiger partial charge >= 0.3 is 5.69 Å². The fourth-order valence-electron chi connectivity index (χ4n) is 3.14. The van der Waals surface area contributed by atoms with Crippen molar-refractivity contribution in [3.8, 4) is 0 Å². The molecule has 4 rings (SSSR count). The Kier molecular flexibility index (Phi) is 2.97. The van der Waals surface area contributed by atoms with Crippen LogP contribution in [0, 0.1) is 0 Å². The van der Waals surface area contributed by atoms with Crippen LogP contribution in [-0.2, 0) is 17.6 Å². The number of fused-ring (bicyclic) bond motifs is 2. The quantitative estimate of drug-likeness (QED) is 0.627. The van der Waals surface area contributed by atoms with E-state index in [9.17, 15) is 9.59 Å². The molecule has 1 aromatic heterocycles. The van der Waals surface area contributed by atoms with Gasteiger partial charge in [0.15, 0.2) is 0 Å². The number of carbonyl (C=O) groups excluding carboxylic acids is 1. The number of nitrogen functional groups attached to an aromatic ring is 1. The fourth-order valence-corrected chi connectivity index (χ4v) is 3.14. The molecule has 0 saturated heterocycles. The molecule has 2 aromatic carbocycles. The molecule has 116 valence electrons. The van der Waals surface area contributed by atoms with Gasteiger partial charge in [-0.1, -0.05) is 6.07 Å². The van der Waals surface area contributed by atoms with Gasteiger partial charge in [-0.2, -0.15) is 0 Å². The Morgan fingerprint density at radius 2 is 1.96 bits per heavy atom. The van der Waals surface area contributed by atoms with Crippen LogP contribution in [0.5, 0.6) is 0 Å². The van der Waals surface area contributed by atoms with Crippen LogP contribution in [0.15, 0.2) is 41.2 Å². The molecular formula is C17H16N4O2. The summed E-state index contributed by atoms with van der Waals surface area (Å²) in [5.74, 6) is 0.0470. The highest BCUT2D eigenvalue weighted by Gasteiger charge is 2.24. The first-order valence-electron chi connectivity index (χ1n) is 7.50. The zero-order valence-electron chi connectivity index (χ0n) is 12.4. The van der Waals surface area contributed by atoms with Crippen LogP contribution in [0.25, 0.3) is 11.0 Å². The SMILES string of the molecule is Nc1ccc2c(c1)CCN2C(=O)Cc1ccc2[nH]c(=O)[nH]c2c1. The number of nitrogens with zero attached hydrogens (tertiary/aromatic N) is 1. The maximum absolute atomic E-state index is 12.6. The summed E-state index contributed by atoms with van der Waals surface area (Å²) in [6.07, 6.45) is 1.13. The number of hydrogen-bond acceptors (Lipinski definition) is 3. The summed E-state index contributed by atoms with van der Waals surface area (Å²) >= 11 is 0. The second-order valence-corrected chi connectivity index (χ2v) is 5.82. The van der Waals surface area contributed by atoms with Gasteiger partial charge in [0.25, 0.3) is 0 Å². The molecule has 0 atom stereocenters. The van der Waals surface area contributed by atoms with Gasteiger partial charge in [0, 0.05) is 17.9 Å². The Bertz CT molecular complexity index is 970. The van der Waals surface area contributed by atoms with Crippen molar-refractivity contribution in [3.05, 3.63) is 58.0 Å². The third kappa shape index (κ3) is 2.38. The average molecular weight is 308 g/mol. The van der Waals surface area contributed by atoms with E-state index in [4.69, 9.17) is 5.73 Å². The summed E-state index contributed by atoms with van der Waals surface area (Å²) in [6, 6.07) is 11.2. The van der Waals surface area contributed by atoms with Gasteiger partial charge in [0.05, 0.1) is 17.5 Å². The first kappa shape index (κ1) is 13.6. The second-order valence-electron chi connectivity index (χ2n) is 5.82. The zero-order chi connectivity index (χ0) is 16.0. The Hall–Kier alpha value is -3.02. The topological polar surface area (TPSA) is 95.0 Å². The summed E-state index contributed by atoms with van der Waals surface area (Å²) in [5.41, 5.74) is 10.7. The molecule has 6 nitrogen and oxygen atoms in total. The lowest BCUT2D eigenvalue weighted by molar-refractivity contribution is -0.117. The van der Waals surface area contributed by atoms with Crippen molar-refractivity contribution in [1.82, 2.24) is 9.97 Å². The van der Waals surface area contributed by atoms with E-state index in [2.05, 4.69) is 9.97 Å². The highest BCUT2D eigenvalue weighted by Crippen LogP contribution is 2.30. The number of nitrogens with one attached hydrogen (secondary N) is 2. The van der Waals surface area contributed by atoms with E-state index >= 15 is 0 Å². The number of carbonyl (C=O) groups is 1. The van der Waals surface area contributed by atoms with Crippen LogP contribution in [0.3, 0.4) is 0 Å². The van der Waals surface area contributed by atoms with Crippen molar-refractivity contribution in [2.45, 2.75) is 12.8 Å². The van der Waals surface area contributed by atoms with Crippen LogP contribution in [0.4, 0.5) is 11.4 Å². The molecule has 4 N–H and O–H groups in total. The predicted molar refractivity (Wildman–Crippen MR) is 89.5 cm³/mol. The van der Waals surface area contributed by atoms with Crippen LogP contribution < -0.4 is 16.3 Å². The maximum atomic E-state index is 12.6. The van der Waals surface area contributed by atoms with E-state index in [0.29, 0.717) is 13.0 Å². The largest absolute Gasteiger partial charge is 0.399 e. The van der Waals surface area contributed by atoms with E-state index in [1.807, 2.05) is 36.4 Å². The molecule has 23 heavy (non-hydrogen) atoms. The molecule has 0 radical (unpaired) electrons. The average Bonchev–Trinajstić information content (AvgIpc) is 3.08. The smallest absolute Gasteiger partial charge is 0.323 e. The number of aromatic amines is 2. The number of amides is 1. The molecule has 3 aromatic rings. The van der Waals surface area contributed by atoms with Crippen LogP contribution in [0.2, 0.25) is 0 Å². The van der Waals surface area contributed by atoms with Gasteiger partial charge < -0.3 is 20.6 Å². The van der Waals surface area contributed by atoms with Gasteiger partial charge in [-0.15, -0.1) is 0 Å². The molecule has 2 heterocycles. The fraction of sp³-hybridized carbons (Fsp3) is 0.176. The third-order valence-electron chi connectivity index (χ3n) is 4.24. The minimum atomic E-state index is -0.241. The highest BCUT2D eigenvalue weighted by molar-refractivity contribution is 5.97. The molecule has 1 amide bonds. The lowest BCUT2D eigenvalue weighted by atomic mass is 10.1. The van der Waals surface area contributed by atoms with Crippen molar-refractivity contribution in [2.75, 3.05) is 17.2 Å². The van der Waals surface area contributed by atoms with Crippen LogP contribution in [0.1, 0.15) is 11.1 Å². The third-order valence-corrected chi connectivity index (χ3v) is 4.24.